The SMILES string of the molecule is CC1C(=O)N(CC2CCC(C(=O)NCCOCCOCCC(=O)O)CC2)C(=O)C1SCC(NC(=O)CCC(N)C(=O)O)C(=O)NCC(=O)O. The Bertz CT molecular complexity index is 1200. The number of hydrogen-bond donors (Lipinski definition) is 7. The largest absolute Gasteiger partial charge is 0.481 e. The number of nitrogens with one attached hydrogen (secondary N) is 3. The van der Waals surface area contributed by atoms with E-state index in [1.54, 1.807) is 6.92 Å². The molecule has 8 N–H and O–H groups in total. The predicted molar refractivity (Wildman–Crippen MR) is 172 cm³/mol. The van der Waals surface area contributed by atoms with E-state index in [0.29, 0.717) is 32.2 Å². The summed E-state index contributed by atoms with van der Waals surface area (Å²) in [6, 6.07) is -2.55. The van der Waals surface area contributed by atoms with E-state index in [0.717, 1.165) is 11.8 Å². The molecule has 2 fully saturated rings. The molecular formula is C30H47N5O13S. The van der Waals surface area contributed by atoms with E-state index in [2.05, 4.69) is 16.0 Å². The molecule has 0 bridgehead atoms. The first-order chi connectivity index (χ1) is 23.2. The van der Waals surface area contributed by atoms with E-state index < -0.39 is 65.4 Å². The third kappa shape index (κ3) is 14.7. The van der Waals surface area contributed by atoms with Crippen LogP contribution in [-0.4, -0.2) is 137 Å². The number of ether oxygens (including phenoxy) is 2. The van der Waals surface area contributed by atoms with Crippen molar-refractivity contribution in [3.8, 4) is 0 Å². The number of carbonyl (C=O) groups is 8. The number of likely N-dealkylation sites (tertiary alicyclic amines) is 1. The van der Waals surface area contributed by atoms with E-state index in [1.807, 2.05) is 0 Å². The van der Waals surface area contributed by atoms with E-state index in [1.165, 1.54) is 4.90 Å². The quantitative estimate of drug-likeness (QED) is 0.0463. The molecule has 2 rings (SSSR count). The van der Waals surface area contributed by atoms with Crippen LogP contribution in [0.5, 0.6) is 0 Å². The molecule has 0 aromatic rings. The Labute approximate surface area is 287 Å². The summed E-state index contributed by atoms with van der Waals surface area (Å²) in [5, 5.41) is 33.0. The Morgan fingerprint density at radius 3 is 2.16 bits per heavy atom. The number of aliphatic carboxylic acids is 3. The van der Waals surface area contributed by atoms with Gasteiger partial charge in [-0.1, -0.05) is 6.92 Å². The maximum Gasteiger partial charge on any atom is 0.322 e. The maximum atomic E-state index is 13.3. The highest BCUT2D eigenvalue weighted by Gasteiger charge is 2.46. The topological polar surface area (TPSA) is 281 Å². The number of carbonyl (C=O) groups excluding carboxylic acids is 5. The van der Waals surface area contributed by atoms with Crippen LogP contribution in [0.25, 0.3) is 0 Å². The number of hydrogen-bond acceptors (Lipinski definition) is 12. The molecule has 5 amide bonds. The van der Waals surface area contributed by atoms with E-state index in [-0.39, 0.29) is 81.6 Å². The van der Waals surface area contributed by atoms with Crippen LogP contribution in [0.3, 0.4) is 0 Å². The van der Waals surface area contributed by atoms with Gasteiger partial charge in [0.1, 0.15) is 18.6 Å². The summed E-state index contributed by atoms with van der Waals surface area (Å²) in [6.45, 7) is 2.30. The Kier molecular flexibility index (Phi) is 18.0. The summed E-state index contributed by atoms with van der Waals surface area (Å²) in [6.07, 6.45) is 1.85. The van der Waals surface area contributed by atoms with Gasteiger partial charge in [0.2, 0.25) is 29.5 Å². The number of thioether (sulfide) groups is 1. The average Bonchev–Trinajstić information content (AvgIpc) is 3.25. The van der Waals surface area contributed by atoms with Crippen molar-refractivity contribution in [1.82, 2.24) is 20.9 Å². The molecule has 1 heterocycles. The van der Waals surface area contributed by atoms with E-state index in [4.69, 9.17) is 30.5 Å². The Balaban J connectivity index is 1.81. The molecule has 4 atom stereocenters. The zero-order valence-corrected chi connectivity index (χ0v) is 28.2. The van der Waals surface area contributed by atoms with Crippen LogP contribution >= 0.6 is 11.8 Å². The van der Waals surface area contributed by atoms with Gasteiger partial charge < -0.3 is 46.5 Å². The molecule has 0 aromatic heterocycles. The van der Waals surface area contributed by atoms with Gasteiger partial charge in [-0.2, -0.15) is 0 Å². The van der Waals surface area contributed by atoms with Crippen LogP contribution in [0.15, 0.2) is 0 Å². The van der Waals surface area contributed by atoms with Crippen molar-refractivity contribution in [2.24, 2.45) is 23.5 Å². The Hall–Kier alpha value is -3.81. The van der Waals surface area contributed by atoms with Crippen LogP contribution in [0.2, 0.25) is 0 Å². The second kappa shape index (κ2) is 21.3. The van der Waals surface area contributed by atoms with Gasteiger partial charge in [0.05, 0.1) is 44.0 Å². The molecule has 0 aromatic carbocycles. The predicted octanol–water partition coefficient (Wildman–Crippen LogP) is -1.60. The van der Waals surface area contributed by atoms with Crippen molar-refractivity contribution in [3.63, 3.8) is 0 Å². The lowest BCUT2D eigenvalue weighted by Crippen LogP contribution is -2.50. The van der Waals surface area contributed by atoms with Gasteiger partial charge in [-0.25, -0.2) is 0 Å². The lowest BCUT2D eigenvalue weighted by atomic mass is 9.81. The second-order valence-electron chi connectivity index (χ2n) is 11.9. The molecule has 19 heteroatoms. The first kappa shape index (κ1) is 41.4. The van der Waals surface area contributed by atoms with Crippen LogP contribution in [-0.2, 0) is 47.8 Å². The fourth-order valence-corrected chi connectivity index (χ4v) is 6.64. The summed E-state index contributed by atoms with van der Waals surface area (Å²) in [5.74, 6) is -7.03. The number of amides is 5. The van der Waals surface area contributed by atoms with Crippen molar-refractivity contribution in [1.29, 1.82) is 0 Å². The van der Waals surface area contributed by atoms with Crippen molar-refractivity contribution in [2.45, 2.75) is 69.2 Å². The molecule has 0 spiro atoms. The summed E-state index contributed by atoms with van der Waals surface area (Å²) >= 11 is 0.987. The lowest BCUT2D eigenvalue weighted by Gasteiger charge is -2.30. The van der Waals surface area contributed by atoms with Gasteiger partial charge >= 0.3 is 17.9 Å². The van der Waals surface area contributed by atoms with E-state index >= 15 is 0 Å². The van der Waals surface area contributed by atoms with Gasteiger partial charge in [0.15, 0.2) is 0 Å². The molecule has 1 aliphatic heterocycles. The molecule has 1 saturated heterocycles. The minimum absolute atomic E-state index is 0.00312. The molecule has 18 nitrogen and oxygen atoms in total. The maximum absolute atomic E-state index is 13.3. The molecule has 49 heavy (non-hydrogen) atoms. The molecule has 1 aliphatic carbocycles. The summed E-state index contributed by atoms with van der Waals surface area (Å²) in [7, 11) is 0. The van der Waals surface area contributed by atoms with Gasteiger partial charge in [-0.15, -0.1) is 11.8 Å². The standard InChI is InChI=1S/C30H47N5O13S/c1-17-25(49-16-21(27(42)33-14-24(39)40)34-22(36)7-6-20(31)30(45)46)29(44)35(28(17)43)15-18-2-4-19(5-3-18)26(41)32-9-11-48-13-12-47-10-8-23(37)38/h17-21,25H,2-16,31H2,1H3,(H,32,41)(H,33,42)(H,34,36)(H,37,38)(H,39,40)(H,45,46). The highest BCUT2D eigenvalue weighted by atomic mass is 32.2. The van der Waals surface area contributed by atoms with Crippen LogP contribution in [0.1, 0.15) is 51.9 Å². The minimum Gasteiger partial charge on any atom is -0.481 e. The van der Waals surface area contributed by atoms with Gasteiger partial charge in [-0.05, 0) is 38.0 Å². The third-order valence-corrected chi connectivity index (χ3v) is 9.66. The first-order valence-corrected chi connectivity index (χ1v) is 17.1. The summed E-state index contributed by atoms with van der Waals surface area (Å²) in [4.78, 5) is 97.7. The minimum atomic E-state index is -1.31. The molecule has 1 saturated carbocycles. The average molecular weight is 718 g/mol. The van der Waals surface area contributed by atoms with Gasteiger partial charge in [-0.3, -0.25) is 43.3 Å². The number of nitrogens with two attached hydrogens (primary N) is 1. The lowest BCUT2D eigenvalue weighted by molar-refractivity contribution is -0.141. The van der Waals surface area contributed by atoms with Crippen molar-refractivity contribution >= 4 is 59.2 Å². The third-order valence-electron chi connectivity index (χ3n) is 8.16. The molecule has 0 radical (unpaired) electrons. The summed E-state index contributed by atoms with van der Waals surface area (Å²) in [5.41, 5.74) is 5.43. The van der Waals surface area contributed by atoms with Crippen molar-refractivity contribution in [2.75, 3.05) is 51.8 Å². The van der Waals surface area contributed by atoms with Crippen molar-refractivity contribution in [3.05, 3.63) is 0 Å². The smallest absolute Gasteiger partial charge is 0.322 e. The number of imide groups is 1. The molecule has 2 aliphatic rings. The molecule has 4 unspecified atom stereocenters. The van der Waals surface area contributed by atoms with Crippen LogP contribution < -0.4 is 21.7 Å². The monoisotopic (exact) mass is 717 g/mol. The molecule has 276 valence electrons. The van der Waals surface area contributed by atoms with Crippen LogP contribution in [0.4, 0.5) is 0 Å². The molecular weight excluding hydrogens is 670 g/mol. The second-order valence-corrected chi connectivity index (χ2v) is 13.1. The Morgan fingerprint density at radius 1 is 0.898 bits per heavy atom. The van der Waals surface area contributed by atoms with Gasteiger partial charge in [0, 0.05) is 31.2 Å². The van der Waals surface area contributed by atoms with Gasteiger partial charge in [0.25, 0.3) is 0 Å². The fourth-order valence-electron chi connectivity index (χ4n) is 5.33. The van der Waals surface area contributed by atoms with Crippen molar-refractivity contribution < 1.29 is 63.1 Å². The zero-order valence-electron chi connectivity index (χ0n) is 27.4. The first-order valence-electron chi connectivity index (χ1n) is 16.1. The van der Waals surface area contributed by atoms with Crippen LogP contribution in [0, 0.1) is 17.8 Å². The number of rotatable bonds is 23. The zero-order chi connectivity index (χ0) is 36.5. The fraction of sp³-hybridized carbons (Fsp3) is 0.733. The number of carboxylic acids is 3. The highest BCUT2D eigenvalue weighted by Crippen LogP contribution is 2.35. The number of nitrogens with zero attached hydrogens (tertiary/aromatic N) is 1. The Morgan fingerprint density at radius 2 is 1.55 bits per heavy atom. The summed E-state index contributed by atoms with van der Waals surface area (Å²) < 4.78 is 10.5. The number of carboxylic acid groups (broad SMARTS) is 3. The normalized spacial score (nSPS) is 21.9. The van der Waals surface area contributed by atoms with E-state index in [9.17, 15) is 38.4 Å². The highest BCUT2D eigenvalue weighted by molar-refractivity contribution is 8.00.